The summed E-state index contributed by atoms with van der Waals surface area (Å²) in [5.41, 5.74) is 13.1. The average Bonchev–Trinajstić information content (AvgIpc) is 3.84. The molecule has 0 aliphatic heterocycles. The van der Waals surface area contributed by atoms with Crippen molar-refractivity contribution in [3.05, 3.63) is 194 Å². The van der Waals surface area contributed by atoms with Crippen LogP contribution in [0.4, 0.5) is 0 Å². The Balaban J connectivity index is 1.19. The van der Waals surface area contributed by atoms with E-state index in [1.165, 1.54) is 0 Å². The van der Waals surface area contributed by atoms with Gasteiger partial charge in [-0.05, 0) is 93.7 Å². The standard InChI is InChI=1S/C52H33N3O2/c56-46-25-12-10-21-42(46)52-54-51-41(22-13-24-45(51)55(52)44-23-11-9-20-40(44)34-16-5-2-6-17-34)38-28-37(33-14-3-1-4-15-33)29-39(30-38)50-49-43-31-35-18-7-8-19-36(35)32-48(43)57-47(49)26-27-53-50/h1-32,56H. The Morgan fingerprint density at radius 2 is 1.12 bits per heavy atom. The molecule has 8 aromatic carbocycles. The molecular formula is C52H33N3O2. The zero-order valence-electron chi connectivity index (χ0n) is 30.7. The third-order valence-corrected chi connectivity index (χ3v) is 10.9. The van der Waals surface area contributed by atoms with Crippen LogP contribution in [0.2, 0.25) is 0 Å². The lowest BCUT2D eigenvalue weighted by Gasteiger charge is -2.15. The van der Waals surface area contributed by atoms with Crippen LogP contribution < -0.4 is 0 Å². The van der Waals surface area contributed by atoms with Gasteiger partial charge in [-0.2, -0.15) is 0 Å². The summed E-state index contributed by atoms with van der Waals surface area (Å²) < 4.78 is 8.67. The molecule has 0 saturated heterocycles. The molecule has 0 radical (unpaired) electrons. The largest absolute Gasteiger partial charge is 0.507 e. The van der Waals surface area contributed by atoms with Crippen molar-refractivity contribution < 1.29 is 9.52 Å². The summed E-state index contributed by atoms with van der Waals surface area (Å²) >= 11 is 0. The number of hydrogen-bond donors (Lipinski definition) is 1. The number of rotatable bonds is 6. The lowest BCUT2D eigenvalue weighted by atomic mass is 9.93. The van der Waals surface area contributed by atoms with Crippen molar-refractivity contribution in [2.45, 2.75) is 0 Å². The molecule has 0 unspecified atom stereocenters. The maximum atomic E-state index is 11.3. The number of phenols is 1. The molecule has 3 heterocycles. The van der Waals surface area contributed by atoms with Crippen LogP contribution in [0.25, 0.3) is 105 Å². The molecule has 5 heteroatoms. The van der Waals surface area contributed by atoms with Crippen LogP contribution in [-0.4, -0.2) is 19.6 Å². The fraction of sp³-hybridized carbons (Fsp3) is 0. The second-order valence-corrected chi connectivity index (χ2v) is 14.3. The molecule has 57 heavy (non-hydrogen) atoms. The van der Waals surface area contributed by atoms with Crippen molar-refractivity contribution in [2.75, 3.05) is 0 Å². The molecular weight excluding hydrogens is 699 g/mol. The van der Waals surface area contributed by atoms with Crippen molar-refractivity contribution >= 4 is 43.7 Å². The van der Waals surface area contributed by atoms with Crippen LogP contribution in [0.1, 0.15) is 0 Å². The van der Waals surface area contributed by atoms with Crippen LogP contribution in [-0.2, 0) is 0 Å². The Morgan fingerprint density at radius 3 is 1.93 bits per heavy atom. The molecule has 0 aliphatic carbocycles. The predicted molar refractivity (Wildman–Crippen MR) is 232 cm³/mol. The Bertz CT molecular complexity index is 3310. The highest BCUT2D eigenvalue weighted by molar-refractivity contribution is 6.15. The zero-order chi connectivity index (χ0) is 37.9. The van der Waals surface area contributed by atoms with E-state index in [-0.39, 0.29) is 5.75 Å². The summed E-state index contributed by atoms with van der Waals surface area (Å²) in [6.45, 7) is 0. The molecule has 0 saturated carbocycles. The van der Waals surface area contributed by atoms with Gasteiger partial charge in [0.2, 0.25) is 0 Å². The Morgan fingerprint density at radius 1 is 0.474 bits per heavy atom. The minimum atomic E-state index is 0.167. The number of fused-ring (bicyclic) bond motifs is 5. The van der Waals surface area contributed by atoms with Crippen molar-refractivity contribution in [1.82, 2.24) is 14.5 Å². The first kappa shape index (κ1) is 32.7. The average molecular weight is 732 g/mol. The number of benzene rings is 8. The minimum absolute atomic E-state index is 0.167. The maximum absolute atomic E-state index is 11.3. The monoisotopic (exact) mass is 731 g/mol. The highest BCUT2D eigenvalue weighted by Gasteiger charge is 2.23. The molecule has 11 aromatic rings. The van der Waals surface area contributed by atoms with E-state index in [9.17, 15) is 5.11 Å². The number of hydrogen-bond acceptors (Lipinski definition) is 4. The van der Waals surface area contributed by atoms with Crippen molar-refractivity contribution in [3.8, 4) is 67.5 Å². The number of imidazole rings is 1. The Labute approximate surface area is 328 Å². The van der Waals surface area contributed by atoms with Crippen molar-refractivity contribution in [2.24, 2.45) is 0 Å². The van der Waals surface area contributed by atoms with Gasteiger partial charge in [0.1, 0.15) is 22.7 Å². The third kappa shape index (κ3) is 5.48. The first-order valence-corrected chi connectivity index (χ1v) is 19.0. The molecule has 0 aliphatic rings. The summed E-state index contributed by atoms with van der Waals surface area (Å²) in [7, 11) is 0. The van der Waals surface area contributed by atoms with Gasteiger partial charge in [-0.1, -0.05) is 127 Å². The van der Waals surface area contributed by atoms with E-state index in [2.05, 4.69) is 150 Å². The summed E-state index contributed by atoms with van der Waals surface area (Å²) in [5, 5.41) is 15.6. The number of para-hydroxylation sites is 3. The van der Waals surface area contributed by atoms with Gasteiger partial charge in [0.25, 0.3) is 0 Å². The SMILES string of the molecule is Oc1ccccc1-c1nc2c(-c3cc(-c4ccccc4)cc(-c4nccc5oc6cc7ccccc7cc6c45)c3)cccc2n1-c1ccccc1-c1ccccc1. The molecule has 11 rings (SSSR count). The van der Waals surface area contributed by atoms with Crippen molar-refractivity contribution in [1.29, 1.82) is 0 Å². The second kappa shape index (κ2) is 13.2. The van der Waals surface area contributed by atoms with Crippen LogP contribution in [0, 0.1) is 0 Å². The molecule has 0 fully saturated rings. The number of aromatic hydroxyl groups is 1. The van der Waals surface area contributed by atoms with E-state index in [0.29, 0.717) is 11.4 Å². The Kier molecular flexibility index (Phi) is 7.57. The molecule has 0 bridgehead atoms. The van der Waals surface area contributed by atoms with Gasteiger partial charge in [0, 0.05) is 28.3 Å². The highest BCUT2D eigenvalue weighted by Crippen LogP contribution is 2.43. The molecule has 0 amide bonds. The zero-order valence-corrected chi connectivity index (χ0v) is 30.7. The molecule has 5 nitrogen and oxygen atoms in total. The second-order valence-electron chi connectivity index (χ2n) is 14.3. The lowest BCUT2D eigenvalue weighted by molar-refractivity contribution is 0.477. The topological polar surface area (TPSA) is 64.1 Å². The van der Waals surface area contributed by atoms with Crippen molar-refractivity contribution in [3.63, 3.8) is 0 Å². The van der Waals surface area contributed by atoms with Gasteiger partial charge < -0.3 is 9.52 Å². The molecule has 0 spiro atoms. The number of aromatic nitrogens is 3. The van der Waals surface area contributed by atoms with Crippen LogP contribution in [0.3, 0.4) is 0 Å². The van der Waals surface area contributed by atoms with E-state index < -0.39 is 0 Å². The van der Waals surface area contributed by atoms with Crippen LogP contribution >= 0.6 is 0 Å². The van der Waals surface area contributed by atoms with Gasteiger partial charge in [-0.15, -0.1) is 0 Å². The van der Waals surface area contributed by atoms with E-state index in [1.54, 1.807) is 6.07 Å². The number of phenolic OH excluding ortho intramolecular Hbond substituents is 1. The first-order chi connectivity index (χ1) is 28.2. The Hall–Kier alpha value is -7.76. The van der Waals surface area contributed by atoms with Crippen LogP contribution in [0.5, 0.6) is 5.75 Å². The highest BCUT2D eigenvalue weighted by atomic mass is 16.3. The number of pyridine rings is 1. The van der Waals surface area contributed by atoms with Gasteiger partial charge >= 0.3 is 0 Å². The number of furan rings is 1. The fourth-order valence-electron chi connectivity index (χ4n) is 8.29. The molecule has 268 valence electrons. The quantitative estimate of drug-likeness (QED) is 0.185. The lowest BCUT2D eigenvalue weighted by Crippen LogP contribution is -2.00. The minimum Gasteiger partial charge on any atom is -0.507 e. The predicted octanol–water partition coefficient (Wildman–Crippen LogP) is 13.5. The molecule has 0 atom stereocenters. The van der Waals surface area contributed by atoms with Crippen LogP contribution in [0.15, 0.2) is 199 Å². The van der Waals surface area contributed by atoms with E-state index in [1.807, 2.05) is 42.6 Å². The third-order valence-electron chi connectivity index (χ3n) is 10.9. The summed E-state index contributed by atoms with van der Waals surface area (Å²) in [5.74, 6) is 0.822. The van der Waals surface area contributed by atoms with E-state index in [0.717, 1.165) is 94.1 Å². The molecule has 3 aromatic heterocycles. The maximum Gasteiger partial charge on any atom is 0.149 e. The van der Waals surface area contributed by atoms with Gasteiger partial charge in [-0.25, -0.2) is 4.98 Å². The first-order valence-electron chi connectivity index (χ1n) is 19.0. The summed E-state index contributed by atoms with van der Waals surface area (Å²) in [6, 6.07) is 64.4. The summed E-state index contributed by atoms with van der Waals surface area (Å²) in [6.07, 6.45) is 1.83. The molecule has 1 N–H and O–H groups in total. The smallest absolute Gasteiger partial charge is 0.149 e. The van der Waals surface area contributed by atoms with Gasteiger partial charge in [0.05, 0.1) is 33.4 Å². The number of nitrogens with zero attached hydrogens (tertiary/aromatic N) is 3. The summed E-state index contributed by atoms with van der Waals surface area (Å²) in [4.78, 5) is 10.5. The fourth-order valence-corrected chi connectivity index (χ4v) is 8.29. The van der Waals surface area contributed by atoms with E-state index >= 15 is 0 Å². The van der Waals surface area contributed by atoms with Gasteiger partial charge in [0.15, 0.2) is 0 Å². The van der Waals surface area contributed by atoms with Gasteiger partial charge in [-0.3, -0.25) is 9.55 Å². The van der Waals surface area contributed by atoms with E-state index in [4.69, 9.17) is 14.4 Å². The normalized spacial score (nSPS) is 11.6.